The fourth-order valence-corrected chi connectivity index (χ4v) is 2.04. The van der Waals surface area contributed by atoms with E-state index in [1.165, 1.54) is 16.9 Å². The van der Waals surface area contributed by atoms with Gasteiger partial charge in [0.25, 0.3) is 0 Å². The smallest absolute Gasteiger partial charge is 0.203 e. The minimum atomic E-state index is 0.118. The monoisotopic (exact) mass is 263 g/mol. The summed E-state index contributed by atoms with van der Waals surface area (Å²) < 4.78 is 5.69. The zero-order chi connectivity index (χ0) is 13.2. The van der Waals surface area contributed by atoms with E-state index in [0.717, 1.165) is 10.8 Å². The maximum Gasteiger partial charge on any atom is 0.203 e. The highest BCUT2D eigenvalue weighted by molar-refractivity contribution is 7.15. The van der Waals surface area contributed by atoms with Crippen molar-refractivity contribution in [2.45, 2.75) is 32.8 Å². The van der Waals surface area contributed by atoms with Crippen molar-refractivity contribution in [1.29, 1.82) is 0 Å². The highest BCUT2D eigenvalue weighted by atomic mass is 32.1. The fourth-order valence-electron chi connectivity index (χ4n) is 1.52. The summed E-state index contributed by atoms with van der Waals surface area (Å²) in [4.78, 5) is 0. The lowest BCUT2D eigenvalue weighted by Gasteiger charge is -2.19. The summed E-state index contributed by atoms with van der Waals surface area (Å²) >= 11 is 1.35. The van der Waals surface area contributed by atoms with Gasteiger partial charge in [-0.2, -0.15) is 0 Å². The number of rotatable bonds is 3. The van der Waals surface area contributed by atoms with Crippen LogP contribution in [0.2, 0.25) is 0 Å². The molecule has 2 aromatic rings. The first kappa shape index (κ1) is 12.8. The van der Waals surface area contributed by atoms with Crippen molar-refractivity contribution < 1.29 is 4.74 Å². The second-order valence-corrected chi connectivity index (χ2v) is 6.19. The highest BCUT2D eigenvalue weighted by Gasteiger charge is 2.14. The molecule has 18 heavy (non-hydrogen) atoms. The Kier molecular flexibility index (Phi) is 3.52. The van der Waals surface area contributed by atoms with Crippen LogP contribution in [0.4, 0.5) is 5.13 Å². The molecule has 1 heterocycles. The Labute approximate surface area is 111 Å². The first-order valence-electron chi connectivity index (χ1n) is 5.76. The normalized spacial score (nSPS) is 11.5. The van der Waals surface area contributed by atoms with Gasteiger partial charge in [0.1, 0.15) is 12.4 Å². The molecule has 0 radical (unpaired) electrons. The molecule has 1 aromatic carbocycles. The summed E-state index contributed by atoms with van der Waals surface area (Å²) in [6, 6.07) is 8.12. The van der Waals surface area contributed by atoms with Gasteiger partial charge in [-0.15, -0.1) is 10.2 Å². The van der Waals surface area contributed by atoms with Crippen molar-refractivity contribution in [2.75, 3.05) is 5.73 Å². The van der Waals surface area contributed by atoms with E-state index in [9.17, 15) is 0 Å². The van der Waals surface area contributed by atoms with Crippen LogP contribution in [0.5, 0.6) is 5.75 Å². The number of anilines is 1. The molecule has 0 fully saturated rings. The molecule has 0 saturated heterocycles. The molecular weight excluding hydrogens is 246 g/mol. The van der Waals surface area contributed by atoms with E-state index < -0.39 is 0 Å². The van der Waals surface area contributed by atoms with Gasteiger partial charge in [-0.25, -0.2) is 0 Å². The van der Waals surface area contributed by atoms with Crippen LogP contribution in [0.1, 0.15) is 31.3 Å². The van der Waals surface area contributed by atoms with Crippen LogP contribution in [0.25, 0.3) is 0 Å². The van der Waals surface area contributed by atoms with Gasteiger partial charge in [0.05, 0.1) is 0 Å². The van der Waals surface area contributed by atoms with Crippen molar-refractivity contribution in [3.05, 3.63) is 34.8 Å². The maximum atomic E-state index is 5.69. The molecule has 4 nitrogen and oxygen atoms in total. The van der Waals surface area contributed by atoms with Crippen LogP contribution in [-0.2, 0) is 12.0 Å². The predicted octanol–water partition coefficient (Wildman–Crippen LogP) is 3.00. The molecule has 2 N–H and O–H groups in total. The van der Waals surface area contributed by atoms with Crippen LogP contribution < -0.4 is 10.5 Å². The number of aromatic nitrogens is 2. The molecule has 0 aliphatic heterocycles. The average molecular weight is 263 g/mol. The van der Waals surface area contributed by atoms with Crippen molar-refractivity contribution in [1.82, 2.24) is 10.2 Å². The van der Waals surface area contributed by atoms with Crippen molar-refractivity contribution in [2.24, 2.45) is 0 Å². The molecule has 5 heteroatoms. The molecule has 0 saturated carbocycles. The van der Waals surface area contributed by atoms with E-state index in [-0.39, 0.29) is 5.41 Å². The van der Waals surface area contributed by atoms with Crippen LogP contribution >= 0.6 is 11.3 Å². The van der Waals surface area contributed by atoms with E-state index >= 15 is 0 Å². The van der Waals surface area contributed by atoms with Gasteiger partial charge >= 0.3 is 0 Å². The second kappa shape index (κ2) is 4.94. The molecule has 2 rings (SSSR count). The summed E-state index contributed by atoms with van der Waals surface area (Å²) in [5, 5.41) is 8.93. The van der Waals surface area contributed by atoms with Crippen LogP contribution in [0.15, 0.2) is 24.3 Å². The van der Waals surface area contributed by atoms with Gasteiger partial charge in [0, 0.05) is 0 Å². The van der Waals surface area contributed by atoms with E-state index in [1.807, 2.05) is 12.1 Å². The third kappa shape index (κ3) is 3.20. The molecule has 1 aromatic heterocycles. The Morgan fingerprint density at radius 3 is 2.67 bits per heavy atom. The van der Waals surface area contributed by atoms with Gasteiger partial charge in [0.2, 0.25) is 5.13 Å². The summed E-state index contributed by atoms with van der Waals surface area (Å²) in [5.74, 6) is 0.844. The summed E-state index contributed by atoms with van der Waals surface area (Å²) in [7, 11) is 0. The maximum absolute atomic E-state index is 5.69. The Bertz CT molecular complexity index is 531. The molecule has 0 unspecified atom stereocenters. The zero-order valence-corrected chi connectivity index (χ0v) is 11.6. The predicted molar refractivity (Wildman–Crippen MR) is 73.8 cm³/mol. The lowest BCUT2D eigenvalue weighted by atomic mass is 9.87. The topological polar surface area (TPSA) is 61.0 Å². The van der Waals surface area contributed by atoms with Crippen LogP contribution in [-0.4, -0.2) is 10.2 Å². The molecular formula is C13H17N3OS. The van der Waals surface area contributed by atoms with Gasteiger partial charge in [-0.05, 0) is 23.1 Å². The lowest BCUT2D eigenvalue weighted by Crippen LogP contribution is -2.10. The largest absolute Gasteiger partial charge is 0.486 e. The molecule has 0 amide bonds. The lowest BCUT2D eigenvalue weighted by molar-refractivity contribution is 0.303. The number of nitrogens with zero attached hydrogens (tertiary/aromatic N) is 2. The third-order valence-corrected chi connectivity index (χ3v) is 3.27. The molecule has 0 atom stereocenters. The Morgan fingerprint density at radius 1 is 1.28 bits per heavy atom. The van der Waals surface area contributed by atoms with E-state index in [4.69, 9.17) is 10.5 Å². The van der Waals surface area contributed by atoms with Crippen LogP contribution in [0, 0.1) is 0 Å². The Hall–Kier alpha value is -1.62. The van der Waals surface area contributed by atoms with Crippen molar-refractivity contribution in [3.63, 3.8) is 0 Å². The average Bonchev–Trinajstić information content (AvgIpc) is 2.72. The van der Waals surface area contributed by atoms with Gasteiger partial charge in [-0.1, -0.05) is 44.2 Å². The van der Waals surface area contributed by atoms with E-state index in [1.54, 1.807) is 0 Å². The summed E-state index contributed by atoms with van der Waals surface area (Å²) in [5.41, 5.74) is 6.88. The quantitative estimate of drug-likeness (QED) is 0.924. The Balaban J connectivity index is 2.06. The van der Waals surface area contributed by atoms with Crippen molar-refractivity contribution in [3.8, 4) is 5.75 Å². The molecule has 0 aliphatic rings. The van der Waals surface area contributed by atoms with Gasteiger partial charge in [0.15, 0.2) is 5.01 Å². The molecule has 0 aliphatic carbocycles. The number of nitrogens with two attached hydrogens (primary N) is 1. The fraction of sp³-hybridized carbons (Fsp3) is 0.385. The number of ether oxygens (including phenoxy) is 1. The van der Waals surface area contributed by atoms with E-state index in [2.05, 4.69) is 43.1 Å². The molecule has 0 bridgehead atoms. The van der Waals surface area contributed by atoms with E-state index in [0.29, 0.717) is 11.7 Å². The summed E-state index contributed by atoms with van der Waals surface area (Å²) in [6.45, 7) is 6.94. The standard InChI is InChI=1S/C13H17N3OS/c1-13(2,3)9-5-4-6-10(7-9)17-8-11-15-16-12(14)18-11/h4-7H,8H2,1-3H3,(H2,14,16). The zero-order valence-electron chi connectivity index (χ0n) is 10.8. The number of hydrogen-bond acceptors (Lipinski definition) is 5. The molecule has 0 spiro atoms. The first-order chi connectivity index (χ1) is 8.45. The first-order valence-corrected chi connectivity index (χ1v) is 6.58. The SMILES string of the molecule is CC(C)(C)c1cccc(OCc2nnc(N)s2)c1. The number of nitrogen functional groups attached to an aromatic ring is 1. The third-order valence-electron chi connectivity index (χ3n) is 2.54. The van der Waals surface area contributed by atoms with Gasteiger partial charge < -0.3 is 10.5 Å². The Morgan fingerprint density at radius 2 is 2.06 bits per heavy atom. The minimum absolute atomic E-state index is 0.118. The minimum Gasteiger partial charge on any atom is -0.486 e. The number of hydrogen-bond donors (Lipinski definition) is 1. The second-order valence-electron chi connectivity index (χ2n) is 5.10. The van der Waals surface area contributed by atoms with Crippen molar-refractivity contribution >= 4 is 16.5 Å². The highest BCUT2D eigenvalue weighted by Crippen LogP contribution is 2.26. The van der Waals surface area contributed by atoms with Crippen LogP contribution in [0.3, 0.4) is 0 Å². The number of benzene rings is 1. The molecule has 96 valence electrons. The summed E-state index contributed by atoms with van der Waals surface area (Å²) in [6.07, 6.45) is 0. The van der Waals surface area contributed by atoms with Gasteiger partial charge in [-0.3, -0.25) is 0 Å².